The van der Waals surface area contributed by atoms with E-state index in [1.807, 2.05) is 44.2 Å². The zero-order chi connectivity index (χ0) is 29.1. The van der Waals surface area contributed by atoms with E-state index in [-0.39, 0.29) is 49.8 Å². The second-order valence-corrected chi connectivity index (χ2v) is 13.4. The lowest BCUT2D eigenvalue weighted by Crippen LogP contribution is -2.64. The fourth-order valence-electron chi connectivity index (χ4n) is 7.21. The first-order valence-electron chi connectivity index (χ1n) is 15.1. The van der Waals surface area contributed by atoms with Crippen LogP contribution in [0.5, 0.6) is 0 Å². The van der Waals surface area contributed by atoms with Gasteiger partial charge in [0.1, 0.15) is 0 Å². The maximum absolute atomic E-state index is 13.5. The number of aliphatic hydroxyl groups is 2. The number of amides is 3. The number of carbonyl (C=O) groups excluding carboxylic acids is 3. The van der Waals surface area contributed by atoms with Crippen molar-refractivity contribution in [3.8, 4) is 0 Å². The van der Waals surface area contributed by atoms with Crippen LogP contribution in [-0.2, 0) is 14.4 Å². The number of benzene rings is 1. The van der Waals surface area contributed by atoms with E-state index in [1.165, 1.54) is 19.3 Å². The number of piperidine rings is 2. The molecule has 8 nitrogen and oxygen atoms in total. The first-order chi connectivity index (χ1) is 19.0. The van der Waals surface area contributed by atoms with E-state index in [9.17, 15) is 24.6 Å². The number of hydrogen-bond donors (Lipinski definition) is 2. The predicted octanol–water partition coefficient (Wildman–Crippen LogP) is 3.28. The molecule has 1 aliphatic carbocycles. The summed E-state index contributed by atoms with van der Waals surface area (Å²) in [5, 5.41) is 22.0. The Labute approximate surface area is 239 Å². The molecule has 8 heteroatoms. The SMILES string of the molecule is CN(C)C(=O)C1CN(CC2(O)CCN(C(=O)C(CO)CC3CCCCC3)CC2(C)C)C(=O)CC1c1ccccc1. The van der Waals surface area contributed by atoms with E-state index in [0.29, 0.717) is 25.4 Å². The third-order valence-corrected chi connectivity index (χ3v) is 9.95. The van der Waals surface area contributed by atoms with Crippen molar-refractivity contribution in [2.75, 3.05) is 46.9 Å². The smallest absolute Gasteiger partial charge is 0.228 e. The monoisotopic (exact) mass is 555 g/mol. The summed E-state index contributed by atoms with van der Waals surface area (Å²) in [6, 6.07) is 9.73. The van der Waals surface area contributed by atoms with Gasteiger partial charge in [0.2, 0.25) is 17.7 Å². The zero-order valence-corrected chi connectivity index (χ0v) is 24.8. The minimum atomic E-state index is -1.21. The van der Waals surface area contributed by atoms with Crippen molar-refractivity contribution >= 4 is 17.7 Å². The lowest BCUT2D eigenvalue weighted by atomic mass is 9.68. The molecule has 2 heterocycles. The summed E-state index contributed by atoms with van der Waals surface area (Å²) in [6.07, 6.45) is 7.18. The van der Waals surface area contributed by atoms with Crippen molar-refractivity contribution in [2.45, 2.75) is 76.7 Å². The maximum Gasteiger partial charge on any atom is 0.228 e. The number of nitrogens with zero attached hydrogens (tertiary/aromatic N) is 3. The van der Waals surface area contributed by atoms with Gasteiger partial charge in [0.25, 0.3) is 0 Å². The molecule has 3 amide bonds. The first kappa shape index (κ1) is 30.5. The molecule has 4 unspecified atom stereocenters. The highest BCUT2D eigenvalue weighted by molar-refractivity contribution is 5.85. The van der Waals surface area contributed by atoms with Crippen LogP contribution in [0.3, 0.4) is 0 Å². The molecule has 3 aliphatic rings. The van der Waals surface area contributed by atoms with Crippen LogP contribution >= 0.6 is 0 Å². The number of likely N-dealkylation sites (tertiary alicyclic amines) is 2. The molecule has 0 radical (unpaired) electrons. The highest BCUT2D eigenvalue weighted by Gasteiger charge is 2.52. The highest BCUT2D eigenvalue weighted by Crippen LogP contribution is 2.42. The van der Waals surface area contributed by atoms with Gasteiger partial charge in [-0.1, -0.05) is 76.3 Å². The minimum Gasteiger partial charge on any atom is -0.396 e. The van der Waals surface area contributed by atoms with Crippen molar-refractivity contribution in [1.29, 1.82) is 0 Å². The van der Waals surface area contributed by atoms with Crippen LogP contribution in [0.1, 0.15) is 76.7 Å². The number of hydrogen-bond acceptors (Lipinski definition) is 5. The summed E-state index contributed by atoms with van der Waals surface area (Å²) in [4.78, 5) is 45.2. The van der Waals surface area contributed by atoms with Crippen LogP contribution < -0.4 is 0 Å². The normalized spacial score (nSPS) is 28.3. The Balaban J connectivity index is 1.45. The van der Waals surface area contributed by atoms with Crippen LogP contribution in [0.25, 0.3) is 0 Å². The Hall–Kier alpha value is -2.45. The maximum atomic E-state index is 13.5. The molecule has 1 saturated carbocycles. The second kappa shape index (κ2) is 12.6. The highest BCUT2D eigenvalue weighted by atomic mass is 16.3. The summed E-state index contributed by atoms with van der Waals surface area (Å²) in [6.45, 7) is 4.88. The molecule has 4 atom stereocenters. The molecule has 2 N–H and O–H groups in total. The molecule has 222 valence electrons. The Morgan fingerprint density at radius 2 is 1.77 bits per heavy atom. The van der Waals surface area contributed by atoms with Gasteiger partial charge in [-0.05, 0) is 24.3 Å². The van der Waals surface area contributed by atoms with E-state index >= 15 is 0 Å². The quantitative estimate of drug-likeness (QED) is 0.513. The molecule has 4 rings (SSSR count). The zero-order valence-electron chi connectivity index (χ0n) is 24.8. The van der Waals surface area contributed by atoms with Gasteiger partial charge in [0.15, 0.2) is 0 Å². The largest absolute Gasteiger partial charge is 0.396 e. The third kappa shape index (κ3) is 6.54. The van der Waals surface area contributed by atoms with E-state index in [1.54, 1.807) is 28.8 Å². The van der Waals surface area contributed by atoms with E-state index in [4.69, 9.17) is 0 Å². The van der Waals surface area contributed by atoms with Gasteiger partial charge in [0, 0.05) is 51.5 Å². The topological polar surface area (TPSA) is 101 Å². The molecule has 0 aromatic heterocycles. The van der Waals surface area contributed by atoms with Crippen molar-refractivity contribution in [3.63, 3.8) is 0 Å². The van der Waals surface area contributed by atoms with Crippen molar-refractivity contribution in [2.24, 2.45) is 23.2 Å². The van der Waals surface area contributed by atoms with Crippen molar-refractivity contribution in [1.82, 2.24) is 14.7 Å². The van der Waals surface area contributed by atoms with Gasteiger partial charge < -0.3 is 24.9 Å². The minimum absolute atomic E-state index is 0.0222. The summed E-state index contributed by atoms with van der Waals surface area (Å²) < 4.78 is 0. The average molecular weight is 556 g/mol. The Morgan fingerprint density at radius 3 is 2.38 bits per heavy atom. The fraction of sp³-hybridized carbons (Fsp3) is 0.719. The Kier molecular flexibility index (Phi) is 9.61. The van der Waals surface area contributed by atoms with Gasteiger partial charge in [-0.2, -0.15) is 0 Å². The number of carbonyl (C=O) groups is 3. The van der Waals surface area contributed by atoms with Crippen molar-refractivity contribution < 1.29 is 24.6 Å². The number of rotatable bonds is 8. The summed E-state index contributed by atoms with van der Waals surface area (Å²) in [5.41, 5.74) is -0.903. The van der Waals surface area contributed by atoms with E-state index < -0.39 is 22.9 Å². The van der Waals surface area contributed by atoms with Gasteiger partial charge in [0.05, 0.1) is 30.6 Å². The first-order valence-corrected chi connectivity index (χ1v) is 15.1. The lowest BCUT2D eigenvalue weighted by Gasteiger charge is -2.53. The van der Waals surface area contributed by atoms with E-state index in [2.05, 4.69) is 0 Å². The molecule has 0 bridgehead atoms. The van der Waals surface area contributed by atoms with Gasteiger partial charge in [-0.3, -0.25) is 14.4 Å². The summed E-state index contributed by atoms with van der Waals surface area (Å²) in [7, 11) is 3.48. The van der Waals surface area contributed by atoms with Crippen LogP contribution in [0.15, 0.2) is 30.3 Å². The lowest BCUT2D eigenvalue weighted by molar-refractivity contribution is -0.168. The Bertz CT molecular complexity index is 1040. The van der Waals surface area contributed by atoms with Gasteiger partial charge in [-0.15, -0.1) is 0 Å². The van der Waals surface area contributed by atoms with Gasteiger partial charge >= 0.3 is 0 Å². The molecule has 1 aromatic rings. The van der Waals surface area contributed by atoms with E-state index in [0.717, 1.165) is 24.8 Å². The second-order valence-electron chi connectivity index (χ2n) is 13.4. The fourth-order valence-corrected chi connectivity index (χ4v) is 7.21. The van der Waals surface area contributed by atoms with Crippen LogP contribution in [0.2, 0.25) is 0 Å². The standard InChI is InChI=1S/C32H49N3O5/c1-31(2)21-34(29(38)25(20-36)17-23-11-7-5-8-12-23)16-15-32(31,40)22-35-19-27(30(39)33(3)4)26(18-28(35)37)24-13-9-6-10-14-24/h6,9-10,13-14,23,25-27,36,40H,5,7-8,11-12,15-22H2,1-4H3. The molecule has 40 heavy (non-hydrogen) atoms. The Morgan fingerprint density at radius 1 is 1.10 bits per heavy atom. The predicted molar refractivity (Wildman–Crippen MR) is 154 cm³/mol. The van der Waals surface area contributed by atoms with Gasteiger partial charge in [-0.25, -0.2) is 0 Å². The summed E-state index contributed by atoms with van der Waals surface area (Å²) in [5.74, 6) is -0.623. The number of aliphatic hydroxyl groups excluding tert-OH is 1. The third-order valence-electron chi connectivity index (χ3n) is 9.95. The summed E-state index contributed by atoms with van der Waals surface area (Å²) >= 11 is 0. The van der Waals surface area contributed by atoms with Crippen LogP contribution in [-0.4, -0.2) is 95.1 Å². The van der Waals surface area contributed by atoms with Crippen LogP contribution in [0, 0.1) is 23.2 Å². The molecule has 2 aliphatic heterocycles. The number of β-amino-alcohol motifs (C(OH)–C–C–N with tert-alkyl or cyclic N) is 1. The molecule has 0 spiro atoms. The molecule has 3 fully saturated rings. The van der Waals surface area contributed by atoms with Crippen LogP contribution in [0.4, 0.5) is 0 Å². The molecule has 1 aromatic carbocycles. The average Bonchev–Trinajstić information content (AvgIpc) is 2.94. The molecular formula is C32H49N3O5. The van der Waals surface area contributed by atoms with Crippen molar-refractivity contribution in [3.05, 3.63) is 35.9 Å². The molecule has 2 saturated heterocycles. The molecular weight excluding hydrogens is 506 g/mol.